The molecule has 1 fully saturated rings. The Kier molecular flexibility index (Phi) is 4.23. The highest BCUT2D eigenvalue weighted by atomic mass is 79.9. The Hall–Kier alpha value is 0.140. The molecule has 1 aliphatic heterocycles. The lowest BCUT2D eigenvalue weighted by Gasteiger charge is -2.35. The lowest BCUT2D eigenvalue weighted by atomic mass is 9.99. The lowest BCUT2D eigenvalue weighted by Crippen LogP contribution is -2.38. The molecule has 84 valence electrons. The Bertz CT molecular complexity index is 310. The predicted molar refractivity (Wildman–Crippen MR) is 70.4 cm³/mol. The van der Waals surface area contributed by atoms with Crippen LogP contribution in [0.15, 0.2) is 15.2 Å². The molecule has 2 heterocycles. The summed E-state index contributed by atoms with van der Waals surface area (Å²) < 4.78 is 1.31. The van der Waals surface area contributed by atoms with Gasteiger partial charge in [-0.25, -0.2) is 0 Å². The summed E-state index contributed by atoms with van der Waals surface area (Å²) in [5.41, 5.74) is 1.46. The molecule has 0 N–H and O–H groups in total. The predicted octanol–water partition coefficient (Wildman–Crippen LogP) is 4.28. The van der Waals surface area contributed by atoms with Gasteiger partial charge in [0.2, 0.25) is 0 Å². The summed E-state index contributed by atoms with van der Waals surface area (Å²) >= 11 is 5.42. The largest absolute Gasteiger partial charge is 0.296 e. The minimum atomic E-state index is 0.811. The summed E-state index contributed by atoms with van der Waals surface area (Å²) in [5, 5.41) is 2.17. The summed E-state index contributed by atoms with van der Waals surface area (Å²) in [5.74, 6) is 0. The Morgan fingerprint density at radius 2 is 2.40 bits per heavy atom. The van der Waals surface area contributed by atoms with E-state index in [1.807, 2.05) is 0 Å². The van der Waals surface area contributed by atoms with Crippen LogP contribution < -0.4 is 0 Å². The molecule has 0 saturated carbocycles. The van der Waals surface area contributed by atoms with Gasteiger partial charge in [0.25, 0.3) is 0 Å². The molecule has 0 bridgehead atoms. The van der Waals surface area contributed by atoms with Gasteiger partial charge in [-0.3, -0.25) is 4.90 Å². The number of halogens is 1. The maximum Gasteiger partial charge on any atom is 0.0743 e. The SMILES string of the molecule is CCC1CCCCN1Cc1ccsc1Br. The summed E-state index contributed by atoms with van der Waals surface area (Å²) in [6.07, 6.45) is 5.47. The van der Waals surface area contributed by atoms with Crippen LogP contribution in [0.25, 0.3) is 0 Å². The fourth-order valence-electron chi connectivity index (χ4n) is 2.38. The summed E-state index contributed by atoms with van der Waals surface area (Å²) in [7, 11) is 0. The normalized spacial score (nSPS) is 23.2. The van der Waals surface area contributed by atoms with Crippen LogP contribution in [0.5, 0.6) is 0 Å². The first-order chi connectivity index (χ1) is 7.31. The molecule has 1 aromatic rings. The van der Waals surface area contributed by atoms with Gasteiger partial charge in [0.15, 0.2) is 0 Å². The van der Waals surface area contributed by atoms with Crippen molar-refractivity contribution in [2.75, 3.05) is 6.54 Å². The van der Waals surface area contributed by atoms with Crippen molar-refractivity contribution in [3.05, 3.63) is 20.8 Å². The van der Waals surface area contributed by atoms with E-state index in [0.717, 1.165) is 12.6 Å². The van der Waals surface area contributed by atoms with E-state index in [0.29, 0.717) is 0 Å². The van der Waals surface area contributed by atoms with Crippen LogP contribution in [-0.4, -0.2) is 17.5 Å². The highest BCUT2D eigenvalue weighted by Gasteiger charge is 2.21. The zero-order valence-electron chi connectivity index (χ0n) is 9.21. The van der Waals surface area contributed by atoms with E-state index in [2.05, 4.69) is 39.2 Å². The van der Waals surface area contributed by atoms with Gasteiger partial charge in [0.05, 0.1) is 3.79 Å². The second-order valence-electron chi connectivity index (χ2n) is 4.25. The Morgan fingerprint density at radius 1 is 1.53 bits per heavy atom. The van der Waals surface area contributed by atoms with Crippen molar-refractivity contribution < 1.29 is 0 Å². The van der Waals surface area contributed by atoms with Gasteiger partial charge < -0.3 is 0 Å². The third kappa shape index (κ3) is 2.83. The van der Waals surface area contributed by atoms with Crippen molar-refractivity contribution in [3.63, 3.8) is 0 Å². The molecule has 1 nitrogen and oxygen atoms in total. The van der Waals surface area contributed by atoms with E-state index >= 15 is 0 Å². The van der Waals surface area contributed by atoms with Crippen LogP contribution in [-0.2, 0) is 6.54 Å². The molecule has 1 aliphatic rings. The molecule has 2 rings (SSSR count). The van der Waals surface area contributed by atoms with Crippen LogP contribution in [0.1, 0.15) is 38.2 Å². The molecule has 15 heavy (non-hydrogen) atoms. The molecule has 1 aromatic heterocycles. The second-order valence-corrected chi connectivity index (χ2v) is 6.48. The van der Waals surface area contributed by atoms with Crippen molar-refractivity contribution in [2.24, 2.45) is 0 Å². The maximum absolute atomic E-state index is 3.63. The fraction of sp³-hybridized carbons (Fsp3) is 0.667. The highest BCUT2D eigenvalue weighted by Crippen LogP contribution is 2.28. The summed E-state index contributed by atoms with van der Waals surface area (Å²) in [6, 6.07) is 3.06. The average Bonchev–Trinajstić information content (AvgIpc) is 2.65. The summed E-state index contributed by atoms with van der Waals surface area (Å²) in [4.78, 5) is 2.65. The molecule has 1 atom stereocenters. The van der Waals surface area contributed by atoms with Crippen LogP contribution >= 0.6 is 27.3 Å². The smallest absolute Gasteiger partial charge is 0.0743 e. The first-order valence-electron chi connectivity index (χ1n) is 5.77. The molecule has 0 amide bonds. The molecule has 0 spiro atoms. The average molecular weight is 288 g/mol. The van der Waals surface area contributed by atoms with Gasteiger partial charge >= 0.3 is 0 Å². The van der Waals surface area contributed by atoms with Gasteiger partial charge in [-0.05, 0) is 58.7 Å². The number of piperidine rings is 1. The van der Waals surface area contributed by atoms with E-state index in [-0.39, 0.29) is 0 Å². The second kappa shape index (κ2) is 5.46. The van der Waals surface area contributed by atoms with Crippen LogP contribution in [0.2, 0.25) is 0 Å². The van der Waals surface area contributed by atoms with Crippen molar-refractivity contribution in [1.29, 1.82) is 0 Å². The Labute approximate surface area is 105 Å². The number of hydrogen-bond donors (Lipinski definition) is 0. The van der Waals surface area contributed by atoms with Crippen molar-refractivity contribution in [1.82, 2.24) is 4.90 Å². The van der Waals surface area contributed by atoms with Gasteiger partial charge in [-0.1, -0.05) is 13.3 Å². The molecular weight excluding hydrogens is 270 g/mol. The van der Waals surface area contributed by atoms with Crippen molar-refractivity contribution in [3.8, 4) is 0 Å². The van der Waals surface area contributed by atoms with Crippen molar-refractivity contribution in [2.45, 2.75) is 45.2 Å². The van der Waals surface area contributed by atoms with E-state index < -0.39 is 0 Å². The van der Waals surface area contributed by atoms with E-state index in [9.17, 15) is 0 Å². The highest BCUT2D eigenvalue weighted by molar-refractivity contribution is 9.11. The molecule has 1 unspecified atom stereocenters. The van der Waals surface area contributed by atoms with Crippen LogP contribution in [0.4, 0.5) is 0 Å². The molecular formula is C12H18BrNS. The molecule has 3 heteroatoms. The Balaban J connectivity index is 2.00. The topological polar surface area (TPSA) is 3.24 Å². The number of hydrogen-bond acceptors (Lipinski definition) is 2. The quantitative estimate of drug-likeness (QED) is 0.802. The molecule has 1 saturated heterocycles. The molecule has 0 aliphatic carbocycles. The first-order valence-corrected chi connectivity index (χ1v) is 7.44. The fourth-order valence-corrected chi connectivity index (χ4v) is 3.60. The third-order valence-corrected chi connectivity index (χ3v) is 5.10. The van der Waals surface area contributed by atoms with Crippen LogP contribution in [0.3, 0.4) is 0 Å². The summed E-state index contributed by atoms with van der Waals surface area (Å²) in [6.45, 7) is 4.72. The Morgan fingerprint density at radius 3 is 3.07 bits per heavy atom. The van der Waals surface area contributed by atoms with E-state index in [1.165, 1.54) is 41.6 Å². The number of likely N-dealkylation sites (tertiary alicyclic amines) is 1. The minimum absolute atomic E-state index is 0.811. The van der Waals surface area contributed by atoms with E-state index in [1.54, 1.807) is 11.3 Å². The van der Waals surface area contributed by atoms with Gasteiger partial charge in [0, 0.05) is 12.6 Å². The van der Waals surface area contributed by atoms with E-state index in [4.69, 9.17) is 0 Å². The molecule has 0 aromatic carbocycles. The zero-order valence-corrected chi connectivity index (χ0v) is 11.6. The zero-order chi connectivity index (χ0) is 10.7. The standard InChI is InChI=1S/C12H18BrNS/c1-2-11-5-3-4-7-14(11)9-10-6-8-15-12(10)13/h6,8,11H,2-5,7,9H2,1H3. The van der Waals surface area contributed by atoms with Gasteiger partial charge in [0.1, 0.15) is 0 Å². The maximum atomic E-state index is 3.63. The van der Waals surface area contributed by atoms with Crippen LogP contribution in [0, 0.1) is 0 Å². The number of rotatable bonds is 3. The monoisotopic (exact) mass is 287 g/mol. The van der Waals surface area contributed by atoms with Gasteiger partial charge in [-0.2, -0.15) is 0 Å². The number of nitrogens with zero attached hydrogens (tertiary/aromatic N) is 1. The third-order valence-electron chi connectivity index (χ3n) is 3.29. The van der Waals surface area contributed by atoms with Gasteiger partial charge in [-0.15, -0.1) is 11.3 Å². The minimum Gasteiger partial charge on any atom is -0.296 e. The number of thiophene rings is 1. The molecule has 0 radical (unpaired) electrons. The lowest BCUT2D eigenvalue weighted by molar-refractivity contribution is 0.136. The van der Waals surface area contributed by atoms with Crippen molar-refractivity contribution >= 4 is 27.3 Å². The first kappa shape index (κ1) is 11.6.